The molecule has 1 amide bonds. The monoisotopic (exact) mass is 370 g/mol. The first-order valence-electron chi connectivity index (χ1n) is 7.40. The van der Waals surface area contributed by atoms with Crippen molar-refractivity contribution in [1.29, 1.82) is 0 Å². The van der Waals surface area contributed by atoms with Gasteiger partial charge in [-0.2, -0.15) is 5.10 Å². The number of hydrogen-bond acceptors (Lipinski definition) is 4. The van der Waals surface area contributed by atoms with Gasteiger partial charge in [0.25, 0.3) is 0 Å². The number of methoxy groups -OCH3 is 1. The number of nitrogens with two attached hydrogens (primary N) is 1. The molecule has 6 nitrogen and oxygen atoms in total. The minimum absolute atomic E-state index is 0.338. The van der Waals surface area contributed by atoms with E-state index in [0.717, 1.165) is 11.1 Å². The summed E-state index contributed by atoms with van der Waals surface area (Å²) in [5, 5.41) is 8.29. The topological polar surface area (TPSA) is 82.2 Å². The largest absolute Gasteiger partial charge is 0.495 e. The second kappa shape index (κ2) is 8.37. The molecule has 1 heterocycles. The van der Waals surface area contributed by atoms with Crippen LogP contribution in [-0.4, -0.2) is 29.3 Å². The fraction of sp³-hybridized carbons (Fsp3) is 0.375. The lowest BCUT2D eigenvalue weighted by atomic mass is 10.0. The second-order valence-corrected chi connectivity index (χ2v) is 6.38. The molecular formula is C16H20Cl2N4O2. The molecule has 0 aliphatic rings. The average Bonchev–Trinajstić information content (AvgIpc) is 2.91. The Labute approximate surface area is 150 Å². The lowest BCUT2D eigenvalue weighted by molar-refractivity contribution is -0.121. The van der Waals surface area contributed by atoms with Gasteiger partial charge in [0.2, 0.25) is 5.91 Å². The summed E-state index contributed by atoms with van der Waals surface area (Å²) < 4.78 is 7.00. The van der Waals surface area contributed by atoms with Gasteiger partial charge in [-0.25, -0.2) is 0 Å². The quantitative estimate of drug-likeness (QED) is 0.745. The van der Waals surface area contributed by atoms with Crippen molar-refractivity contribution in [2.75, 3.05) is 13.7 Å². The second-order valence-electron chi connectivity index (χ2n) is 5.54. The number of aryl methyl sites for hydroxylation is 1. The maximum Gasteiger partial charge on any atom is 0.222 e. The predicted octanol–water partition coefficient (Wildman–Crippen LogP) is 2.17. The van der Waals surface area contributed by atoms with E-state index in [4.69, 9.17) is 33.7 Å². The summed E-state index contributed by atoms with van der Waals surface area (Å²) in [7, 11) is 3.38. The molecule has 1 aromatic heterocycles. The minimum Gasteiger partial charge on any atom is -0.495 e. The van der Waals surface area contributed by atoms with Gasteiger partial charge in [-0.1, -0.05) is 23.2 Å². The van der Waals surface area contributed by atoms with Gasteiger partial charge in [0.15, 0.2) is 0 Å². The molecule has 130 valence electrons. The van der Waals surface area contributed by atoms with E-state index in [9.17, 15) is 4.79 Å². The maximum atomic E-state index is 11.7. The third kappa shape index (κ3) is 4.87. The van der Waals surface area contributed by atoms with Crippen LogP contribution in [0.25, 0.3) is 0 Å². The fourth-order valence-electron chi connectivity index (χ4n) is 2.49. The Morgan fingerprint density at radius 3 is 2.79 bits per heavy atom. The Bertz CT molecular complexity index is 718. The zero-order chi connectivity index (χ0) is 17.7. The van der Waals surface area contributed by atoms with Crippen LogP contribution in [0.2, 0.25) is 10.0 Å². The molecule has 0 spiro atoms. The molecule has 1 atom stereocenters. The number of carbonyl (C=O) groups excluding carboxylic acids is 1. The van der Waals surface area contributed by atoms with Crippen LogP contribution in [0.1, 0.15) is 11.1 Å². The van der Waals surface area contributed by atoms with E-state index in [1.165, 1.54) is 0 Å². The van der Waals surface area contributed by atoms with E-state index < -0.39 is 0 Å². The number of ether oxygens (including phenoxy) is 1. The molecule has 0 saturated heterocycles. The molecule has 0 unspecified atom stereocenters. The Morgan fingerprint density at radius 1 is 1.46 bits per heavy atom. The van der Waals surface area contributed by atoms with Crippen LogP contribution in [0.15, 0.2) is 24.5 Å². The van der Waals surface area contributed by atoms with E-state index in [0.29, 0.717) is 35.3 Å². The highest BCUT2D eigenvalue weighted by molar-refractivity contribution is 6.35. The fourth-order valence-corrected chi connectivity index (χ4v) is 3.10. The molecule has 0 radical (unpaired) electrons. The van der Waals surface area contributed by atoms with E-state index in [-0.39, 0.29) is 11.8 Å². The summed E-state index contributed by atoms with van der Waals surface area (Å²) in [5.41, 5.74) is 7.29. The van der Waals surface area contributed by atoms with Gasteiger partial charge in [0, 0.05) is 36.9 Å². The molecule has 8 heteroatoms. The van der Waals surface area contributed by atoms with E-state index in [2.05, 4.69) is 10.4 Å². The Kier molecular flexibility index (Phi) is 6.48. The van der Waals surface area contributed by atoms with E-state index >= 15 is 0 Å². The predicted molar refractivity (Wildman–Crippen MR) is 94.3 cm³/mol. The summed E-state index contributed by atoms with van der Waals surface area (Å²) in [4.78, 5) is 11.7. The summed E-state index contributed by atoms with van der Waals surface area (Å²) in [6.07, 6.45) is 4.13. The van der Waals surface area contributed by atoms with Crippen molar-refractivity contribution >= 4 is 29.1 Å². The molecular weight excluding hydrogens is 351 g/mol. The van der Waals surface area contributed by atoms with Crippen LogP contribution in [0.4, 0.5) is 0 Å². The maximum absolute atomic E-state index is 11.7. The van der Waals surface area contributed by atoms with Crippen molar-refractivity contribution in [2.24, 2.45) is 18.7 Å². The molecule has 0 aliphatic carbocycles. The van der Waals surface area contributed by atoms with Crippen molar-refractivity contribution in [2.45, 2.75) is 13.0 Å². The highest BCUT2D eigenvalue weighted by Gasteiger charge is 2.17. The minimum atomic E-state index is -0.359. The number of carbonyl (C=O) groups is 1. The highest BCUT2D eigenvalue weighted by atomic mass is 35.5. The standard InChI is InChI=1S/C16H20Cl2N4O2/c1-22-9-10(6-21-22)3-12(16(19)23)8-20-7-11-4-13(17)5-14(18)15(11)24-2/h4-6,9,12,20H,3,7-8H2,1-2H3,(H2,19,23)/t12-/m0/s1. The molecule has 2 aromatic rings. The van der Waals surface area contributed by atoms with Gasteiger partial charge in [0.1, 0.15) is 5.75 Å². The zero-order valence-corrected chi connectivity index (χ0v) is 15.1. The molecule has 3 N–H and O–H groups in total. The summed E-state index contributed by atoms with van der Waals surface area (Å²) in [6, 6.07) is 3.40. The molecule has 2 rings (SSSR count). The average molecular weight is 371 g/mol. The van der Waals surface area contributed by atoms with Gasteiger partial charge >= 0.3 is 0 Å². The molecule has 1 aromatic carbocycles. The smallest absolute Gasteiger partial charge is 0.222 e. The summed E-state index contributed by atoms with van der Waals surface area (Å²) >= 11 is 12.1. The lowest BCUT2D eigenvalue weighted by Crippen LogP contribution is -2.34. The van der Waals surface area contributed by atoms with Gasteiger partial charge in [-0.15, -0.1) is 0 Å². The number of rotatable bonds is 8. The summed E-state index contributed by atoms with van der Waals surface area (Å²) in [5.74, 6) is -0.131. The van der Waals surface area contributed by atoms with Crippen molar-refractivity contribution in [1.82, 2.24) is 15.1 Å². The highest BCUT2D eigenvalue weighted by Crippen LogP contribution is 2.32. The van der Waals surface area contributed by atoms with Gasteiger partial charge in [-0.05, 0) is 24.1 Å². The molecule has 0 aliphatic heterocycles. The van der Waals surface area contributed by atoms with Crippen LogP contribution in [-0.2, 0) is 24.8 Å². The van der Waals surface area contributed by atoms with Gasteiger partial charge < -0.3 is 15.8 Å². The van der Waals surface area contributed by atoms with Crippen LogP contribution in [0.5, 0.6) is 5.75 Å². The molecule has 24 heavy (non-hydrogen) atoms. The van der Waals surface area contributed by atoms with Gasteiger partial charge in [-0.3, -0.25) is 9.48 Å². The number of hydrogen-bond donors (Lipinski definition) is 2. The number of nitrogens with zero attached hydrogens (tertiary/aromatic N) is 2. The third-order valence-corrected chi connectivity index (χ3v) is 4.14. The SMILES string of the molecule is COc1c(Cl)cc(Cl)cc1CNC[C@H](Cc1cnn(C)c1)C(N)=O. The number of benzene rings is 1. The molecule has 0 bridgehead atoms. The van der Waals surface area contributed by atoms with Crippen molar-refractivity contribution in [3.05, 3.63) is 45.7 Å². The number of primary amides is 1. The lowest BCUT2D eigenvalue weighted by Gasteiger charge is -2.15. The van der Waals surface area contributed by atoms with Crippen molar-refractivity contribution < 1.29 is 9.53 Å². The number of amides is 1. The number of nitrogens with one attached hydrogen (secondary N) is 1. The van der Waals surface area contributed by atoms with Crippen LogP contribution < -0.4 is 15.8 Å². The molecule has 0 saturated carbocycles. The van der Waals surface area contributed by atoms with Crippen molar-refractivity contribution in [3.8, 4) is 5.75 Å². The van der Waals surface area contributed by atoms with E-state index in [1.54, 1.807) is 30.1 Å². The molecule has 0 fully saturated rings. The van der Waals surface area contributed by atoms with E-state index in [1.807, 2.05) is 13.2 Å². The number of aromatic nitrogens is 2. The normalized spacial score (nSPS) is 12.2. The first kappa shape index (κ1) is 18.6. The summed E-state index contributed by atoms with van der Waals surface area (Å²) in [6.45, 7) is 0.887. The Morgan fingerprint density at radius 2 is 2.21 bits per heavy atom. The third-order valence-electron chi connectivity index (χ3n) is 3.64. The first-order chi connectivity index (χ1) is 11.4. The van der Waals surface area contributed by atoms with Gasteiger partial charge in [0.05, 0.1) is 24.2 Å². The van der Waals surface area contributed by atoms with Crippen LogP contribution in [0.3, 0.4) is 0 Å². The Balaban J connectivity index is 1.99. The Hall–Kier alpha value is -1.76. The van der Waals surface area contributed by atoms with Crippen LogP contribution >= 0.6 is 23.2 Å². The number of halogens is 2. The zero-order valence-electron chi connectivity index (χ0n) is 13.6. The van der Waals surface area contributed by atoms with Crippen molar-refractivity contribution in [3.63, 3.8) is 0 Å². The first-order valence-corrected chi connectivity index (χ1v) is 8.15. The van der Waals surface area contributed by atoms with Crippen LogP contribution in [0, 0.1) is 5.92 Å².